The Kier molecular flexibility index (Phi) is 3.14. The van der Waals surface area contributed by atoms with Crippen LogP contribution >= 0.6 is 11.5 Å². The smallest absolute Gasteiger partial charge is 0.232 e. The van der Waals surface area contributed by atoms with Crippen LogP contribution in [0.3, 0.4) is 0 Å². The highest BCUT2D eigenvalue weighted by atomic mass is 32.1. The lowest BCUT2D eigenvalue weighted by Gasteiger charge is -2.05. The van der Waals surface area contributed by atoms with E-state index in [0.29, 0.717) is 16.1 Å². The normalized spacial score (nSPS) is 10.6. The number of nitrogens with two attached hydrogens (primary N) is 1. The molecular formula is C10H11N3O2S. The number of anilines is 1. The van der Waals surface area contributed by atoms with Crippen molar-refractivity contribution in [3.63, 3.8) is 0 Å². The molecule has 0 aliphatic carbocycles. The topological polar surface area (TPSA) is 92.3 Å². The van der Waals surface area contributed by atoms with Gasteiger partial charge in [-0.2, -0.15) is 9.36 Å². The molecule has 6 heteroatoms. The number of aliphatic hydroxyl groups is 2. The fourth-order valence-electron chi connectivity index (χ4n) is 1.41. The predicted molar refractivity (Wildman–Crippen MR) is 61.6 cm³/mol. The molecule has 2 rings (SSSR count). The zero-order valence-electron chi connectivity index (χ0n) is 8.42. The van der Waals surface area contributed by atoms with Crippen LogP contribution in [0.2, 0.25) is 0 Å². The fourth-order valence-corrected chi connectivity index (χ4v) is 2.00. The standard InChI is InChI=1S/C10H11N3O2S/c11-10-12-9(16-13-10)6-1-2-7(4-14)8(3-6)5-15/h1-3,14-15H,4-5H2,(H2,11,13). The summed E-state index contributed by atoms with van der Waals surface area (Å²) in [7, 11) is 0. The number of rotatable bonds is 3. The molecule has 0 aliphatic heterocycles. The van der Waals surface area contributed by atoms with E-state index in [0.717, 1.165) is 5.56 Å². The molecule has 0 amide bonds. The van der Waals surface area contributed by atoms with E-state index in [1.807, 2.05) is 6.07 Å². The molecule has 0 saturated carbocycles. The summed E-state index contributed by atoms with van der Waals surface area (Å²) >= 11 is 1.21. The lowest BCUT2D eigenvalue weighted by atomic mass is 10.1. The van der Waals surface area contributed by atoms with Crippen molar-refractivity contribution < 1.29 is 10.2 Å². The van der Waals surface area contributed by atoms with Crippen molar-refractivity contribution in [1.29, 1.82) is 0 Å². The van der Waals surface area contributed by atoms with Crippen molar-refractivity contribution in [2.24, 2.45) is 0 Å². The number of nitrogen functional groups attached to an aromatic ring is 1. The van der Waals surface area contributed by atoms with Crippen LogP contribution < -0.4 is 5.73 Å². The molecule has 1 aromatic carbocycles. The second kappa shape index (κ2) is 4.56. The average molecular weight is 237 g/mol. The molecule has 0 spiro atoms. The fraction of sp³-hybridized carbons (Fsp3) is 0.200. The molecule has 1 heterocycles. The third kappa shape index (κ3) is 2.04. The first-order chi connectivity index (χ1) is 7.74. The summed E-state index contributed by atoms with van der Waals surface area (Å²) in [5.74, 6) is 0.247. The summed E-state index contributed by atoms with van der Waals surface area (Å²) < 4.78 is 3.89. The van der Waals surface area contributed by atoms with E-state index >= 15 is 0 Å². The Hall–Kier alpha value is -1.50. The second-order valence-corrected chi connectivity index (χ2v) is 4.01. The Morgan fingerprint density at radius 2 is 1.94 bits per heavy atom. The highest BCUT2D eigenvalue weighted by Gasteiger charge is 2.07. The van der Waals surface area contributed by atoms with Gasteiger partial charge in [-0.15, -0.1) is 0 Å². The number of nitrogens with zero attached hydrogens (tertiary/aromatic N) is 2. The van der Waals surface area contributed by atoms with Crippen molar-refractivity contribution in [2.75, 3.05) is 5.73 Å². The molecule has 1 aromatic heterocycles. The Morgan fingerprint density at radius 1 is 1.19 bits per heavy atom. The summed E-state index contributed by atoms with van der Waals surface area (Å²) in [5.41, 5.74) is 7.68. The SMILES string of the molecule is Nc1nsc(-c2ccc(CO)c(CO)c2)n1. The Balaban J connectivity index is 2.43. The van der Waals surface area contributed by atoms with E-state index in [-0.39, 0.29) is 19.2 Å². The molecule has 0 unspecified atom stereocenters. The molecule has 0 radical (unpaired) electrons. The predicted octanol–water partition coefficient (Wildman–Crippen LogP) is 0.772. The van der Waals surface area contributed by atoms with Crippen molar-refractivity contribution in [1.82, 2.24) is 9.36 Å². The van der Waals surface area contributed by atoms with E-state index in [1.165, 1.54) is 11.5 Å². The van der Waals surface area contributed by atoms with Gasteiger partial charge in [0.15, 0.2) is 0 Å². The van der Waals surface area contributed by atoms with Crippen molar-refractivity contribution in [3.8, 4) is 10.6 Å². The molecule has 0 fully saturated rings. The third-order valence-electron chi connectivity index (χ3n) is 2.24. The number of hydrogen-bond acceptors (Lipinski definition) is 6. The van der Waals surface area contributed by atoms with Gasteiger partial charge in [-0.3, -0.25) is 0 Å². The van der Waals surface area contributed by atoms with E-state index in [1.54, 1.807) is 12.1 Å². The molecular weight excluding hydrogens is 226 g/mol. The van der Waals surface area contributed by atoms with Crippen LogP contribution in [0.1, 0.15) is 11.1 Å². The van der Waals surface area contributed by atoms with Gasteiger partial charge in [0.05, 0.1) is 13.2 Å². The largest absolute Gasteiger partial charge is 0.392 e. The lowest BCUT2D eigenvalue weighted by molar-refractivity contribution is 0.260. The van der Waals surface area contributed by atoms with Crippen molar-refractivity contribution in [2.45, 2.75) is 13.2 Å². The molecule has 16 heavy (non-hydrogen) atoms. The van der Waals surface area contributed by atoms with Crippen LogP contribution in [0.5, 0.6) is 0 Å². The minimum Gasteiger partial charge on any atom is -0.392 e. The Labute approximate surface area is 96.4 Å². The monoisotopic (exact) mass is 237 g/mol. The van der Waals surface area contributed by atoms with E-state index in [2.05, 4.69) is 9.36 Å². The molecule has 5 nitrogen and oxygen atoms in total. The van der Waals surface area contributed by atoms with Gasteiger partial charge >= 0.3 is 0 Å². The van der Waals surface area contributed by atoms with Gasteiger partial charge in [-0.25, -0.2) is 0 Å². The Morgan fingerprint density at radius 3 is 2.50 bits per heavy atom. The van der Waals surface area contributed by atoms with Crippen LogP contribution in [0, 0.1) is 0 Å². The van der Waals surface area contributed by atoms with Gasteiger partial charge in [0.1, 0.15) is 5.01 Å². The highest BCUT2D eigenvalue weighted by molar-refractivity contribution is 7.09. The van der Waals surface area contributed by atoms with E-state index < -0.39 is 0 Å². The quantitative estimate of drug-likeness (QED) is 0.733. The molecule has 0 aliphatic rings. The first-order valence-corrected chi connectivity index (χ1v) is 5.45. The number of aliphatic hydroxyl groups excluding tert-OH is 2. The van der Waals surface area contributed by atoms with Gasteiger partial charge in [-0.1, -0.05) is 12.1 Å². The summed E-state index contributed by atoms with van der Waals surface area (Å²) in [5, 5.41) is 18.9. The molecule has 2 aromatic rings. The first kappa shape index (κ1) is 11.0. The molecule has 0 saturated heterocycles. The lowest BCUT2D eigenvalue weighted by Crippen LogP contribution is -1.94. The highest BCUT2D eigenvalue weighted by Crippen LogP contribution is 2.24. The van der Waals surface area contributed by atoms with E-state index in [9.17, 15) is 0 Å². The maximum atomic E-state index is 9.16. The van der Waals surface area contributed by atoms with Gasteiger partial charge in [0, 0.05) is 5.56 Å². The van der Waals surface area contributed by atoms with Gasteiger partial charge in [0.25, 0.3) is 0 Å². The summed E-state index contributed by atoms with van der Waals surface area (Å²) in [6.45, 7) is -0.202. The van der Waals surface area contributed by atoms with Crippen LogP contribution in [-0.4, -0.2) is 19.6 Å². The van der Waals surface area contributed by atoms with Gasteiger partial charge in [0.2, 0.25) is 5.95 Å². The zero-order valence-corrected chi connectivity index (χ0v) is 9.24. The summed E-state index contributed by atoms with van der Waals surface area (Å²) in [6, 6.07) is 5.37. The van der Waals surface area contributed by atoms with Crippen LogP contribution in [-0.2, 0) is 13.2 Å². The van der Waals surface area contributed by atoms with Crippen molar-refractivity contribution in [3.05, 3.63) is 29.3 Å². The van der Waals surface area contributed by atoms with Gasteiger partial charge < -0.3 is 15.9 Å². The average Bonchev–Trinajstić information content (AvgIpc) is 2.75. The maximum absolute atomic E-state index is 9.16. The van der Waals surface area contributed by atoms with E-state index in [4.69, 9.17) is 15.9 Å². The first-order valence-electron chi connectivity index (χ1n) is 4.67. The maximum Gasteiger partial charge on any atom is 0.232 e. The minimum atomic E-state index is -0.113. The summed E-state index contributed by atoms with van der Waals surface area (Å²) in [6.07, 6.45) is 0. The second-order valence-electron chi connectivity index (χ2n) is 3.26. The van der Waals surface area contributed by atoms with Crippen LogP contribution in [0.25, 0.3) is 10.6 Å². The Bertz CT molecular complexity index is 499. The van der Waals surface area contributed by atoms with Gasteiger partial charge in [-0.05, 0) is 28.7 Å². The third-order valence-corrected chi connectivity index (χ3v) is 3.01. The van der Waals surface area contributed by atoms with Crippen LogP contribution in [0.15, 0.2) is 18.2 Å². The number of hydrogen-bond donors (Lipinski definition) is 3. The molecule has 0 bridgehead atoms. The molecule has 4 N–H and O–H groups in total. The number of benzene rings is 1. The van der Waals surface area contributed by atoms with Crippen molar-refractivity contribution >= 4 is 17.5 Å². The molecule has 84 valence electrons. The minimum absolute atomic E-state index is 0.0889. The number of aromatic nitrogens is 2. The molecule has 0 atom stereocenters. The van der Waals surface area contributed by atoms with Crippen LogP contribution in [0.4, 0.5) is 5.95 Å². The zero-order chi connectivity index (χ0) is 11.5. The summed E-state index contributed by atoms with van der Waals surface area (Å²) in [4.78, 5) is 4.05.